The lowest BCUT2D eigenvalue weighted by Gasteiger charge is -2.16. The number of nitrogens with two attached hydrogens (primary N) is 1. The lowest BCUT2D eigenvalue weighted by molar-refractivity contribution is 0.414. The van der Waals surface area contributed by atoms with Crippen LogP contribution in [0, 0.1) is 5.82 Å². The van der Waals surface area contributed by atoms with E-state index in [2.05, 4.69) is 5.32 Å². The number of halogens is 2. The van der Waals surface area contributed by atoms with E-state index in [-0.39, 0.29) is 15.8 Å². The number of methoxy groups -OCH3 is 1. The molecule has 88 valence electrons. The summed E-state index contributed by atoms with van der Waals surface area (Å²) in [7, 11) is 2.98. The molecule has 16 heavy (non-hydrogen) atoms. The molecule has 0 spiro atoms. The maximum atomic E-state index is 13.5. The standard InChI is InChI=1S/C9H11ClFN3OS/c1-14(12)9(16)13-7-4-8(15-2)5(10)3-6(7)11/h3-4H,12H2,1-2H3,(H,13,16). The first-order valence-corrected chi connectivity index (χ1v) is 5.06. The molecule has 3 N–H and O–H groups in total. The molecular weight excluding hydrogens is 253 g/mol. The van der Waals surface area contributed by atoms with Gasteiger partial charge in [-0.15, -0.1) is 0 Å². The highest BCUT2D eigenvalue weighted by Crippen LogP contribution is 2.30. The normalized spacial score (nSPS) is 9.81. The molecule has 0 aromatic heterocycles. The van der Waals surface area contributed by atoms with Crippen LogP contribution >= 0.6 is 23.8 Å². The number of rotatable bonds is 2. The van der Waals surface area contributed by atoms with Crippen LogP contribution in [0.1, 0.15) is 0 Å². The number of hydrazine groups is 1. The van der Waals surface area contributed by atoms with Crippen LogP contribution in [0.3, 0.4) is 0 Å². The first-order chi connectivity index (χ1) is 7.45. The van der Waals surface area contributed by atoms with E-state index in [0.29, 0.717) is 5.75 Å². The fraction of sp³-hybridized carbons (Fsp3) is 0.222. The van der Waals surface area contributed by atoms with Gasteiger partial charge in [-0.05, 0) is 18.3 Å². The zero-order valence-electron chi connectivity index (χ0n) is 8.75. The monoisotopic (exact) mass is 263 g/mol. The van der Waals surface area contributed by atoms with Crippen molar-refractivity contribution in [3.8, 4) is 5.75 Å². The highest BCUT2D eigenvalue weighted by Gasteiger charge is 2.10. The van der Waals surface area contributed by atoms with Gasteiger partial charge in [-0.25, -0.2) is 10.2 Å². The van der Waals surface area contributed by atoms with E-state index >= 15 is 0 Å². The Balaban J connectivity index is 3.00. The minimum atomic E-state index is -0.532. The third-order valence-corrected chi connectivity index (χ3v) is 2.49. The number of ether oxygens (including phenoxy) is 1. The van der Waals surface area contributed by atoms with E-state index in [9.17, 15) is 4.39 Å². The number of hydrogen-bond donors (Lipinski definition) is 2. The first kappa shape index (κ1) is 13.0. The van der Waals surface area contributed by atoms with Gasteiger partial charge in [-0.1, -0.05) is 11.6 Å². The molecule has 0 aliphatic heterocycles. The first-order valence-electron chi connectivity index (χ1n) is 4.28. The maximum Gasteiger partial charge on any atom is 0.187 e. The van der Waals surface area contributed by atoms with Gasteiger partial charge in [0.25, 0.3) is 0 Å². The zero-order valence-corrected chi connectivity index (χ0v) is 10.3. The number of anilines is 1. The summed E-state index contributed by atoms with van der Waals surface area (Å²) in [4.78, 5) is 0. The Morgan fingerprint density at radius 2 is 2.25 bits per heavy atom. The highest BCUT2D eigenvalue weighted by atomic mass is 35.5. The van der Waals surface area contributed by atoms with Crippen molar-refractivity contribution in [2.45, 2.75) is 0 Å². The van der Waals surface area contributed by atoms with Gasteiger partial charge in [-0.2, -0.15) is 0 Å². The molecule has 1 aromatic carbocycles. The number of nitrogens with zero attached hydrogens (tertiary/aromatic N) is 1. The molecule has 0 bridgehead atoms. The van der Waals surface area contributed by atoms with E-state index in [0.717, 1.165) is 11.1 Å². The molecule has 0 heterocycles. The second-order valence-electron chi connectivity index (χ2n) is 3.01. The Labute approximate surface area is 103 Å². The second kappa shape index (κ2) is 5.29. The van der Waals surface area contributed by atoms with Gasteiger partial charge in [0.15, 0.2) is 5.11 Å². The average Bonchev–Trinajstić information content (AvgIpc) is 2.21. The Kier molecular flexibility index (Phi) is 4.28. The van der Waals surface area contributed by atoms with E-state index in [4.69, 9.17) is 34.4 Å². The van der Waals surface area contributed by atoms with E-state index < -0.39 is 5.82 Å². The maximum absolute atomic E-state index is 13.5. The highest BCUT2D eigenvalue weighted by molar-refractivity contribution is 7.80. The summed E-state index contributed by atoms with van der Waals surface area (Å²) in [6.45, 7) is 0. The molecule has 0 aliphatic carbocycles. The molecule has 0 unspecified atom stereocenters. The zero-order chi connectivity index (χ0) is 12.3. The quantitative estimate of drug-likeness (QED) is 0.486. The fourth-order valence-corrected chi connectivity index (χ4v) is 1.32. The van der Waals surface area contributed by atoms with Crippen LogP contribution < -0.4 is 15.9 Å². The predicted octanol–water partition coefficient (Wildman–Crippen LogP) is 1.99. The van der Waals surface area contributed by atoms with Crippen molar-refractivity contribution in [2.75, 3.05) is 19.5 Å². The van der Waals surface area contributed by atoms with Crippen LogP contribution in [0.2, 0.25) is 5.02 Å². The van der Waals surface area contributed by atoms with Crippen molar-refractivity contribution in [3.05, 3.63) is 23.0 Å². The Morgan fingerprint density at radius 1 is 1.62 bits per heavy atom. The summed E-state index contributed by atoms with van der Waals surface area (Å²) in [5.41, 5.74) is 0.156. The van der Waals surface area contributed by atoms with Crippen LogP contribution in [-0.4, -0.2) is 24.3 Å². The molecule has 7 heteroatoms. The molecule has 0 fully saturated rings. The summed E-state index contributed by atoms with van der Waals surface area (Å²) in [5.74, 6) is 5.21. The minimum absolute atomic E-state index is 0.156. The summed E-state index contributed by atoms with van der Waals surface area (Å²) in [5, 5.41) is 4.17. The minimum Gasteiger partial charge on any atom is -0.495 e. The molecule has 4 nitrogen and oxygen atoms in total. The smallest absolute Gasteiger partial charge is 0.187 e. The molecular formula is C9H11ClFN3OS. The number of thiocarbonyl (C=S) groups is 1. The molecule has 0 amide bonds. The summed E-state index contributed by atoms with van der Waals surface area (Å²) in [6, 6.07) is 2.55. The molecule has 1 rings (SSSR count). The molecule has 0 aliphatic rings. The largest absolute Gasteiger partial charge is 0.495 e. The molecule has 0 radical (unpaired) electrons. The van der Waals surface area contributed by atoms with E-state index in [1.165, 1.54) is 13.2 Å². The van der Waals surface area contributed by atoms with Crippen LogP contribution in [-0.2, 0) is 0 Å². The molecule has 0 saturated heterocycles. The molecule has 0 atom stereocenters. The summed E-state index contributed by atoms with van der Waals surface area (Å²) in [6.07, 6.45) is 0. The summed E-state index contributed by atoms with van der Waals surface area (Å²) < 4.78 is 18.4. The SMILES string of the molecule is COc1cc(NC(=S)N(C)N)c(F)cc1Cl. The topological polar surface area (TPSA) is 50.5 Å². The van der Waals surface area contributed by atoms with Gasteiger partial charge in [0.2, 0.25) is 0 Å². The van der Waals surface area contributed by atoms with Gasteiger partial charge in [0.1, 0.15) is 11.6 Å². The Morgan fingerprint density at radius 3 is 2.75 bits per heavy atom. The van der Waals surface area contributed by atoms with Crippen molar-refractivity contribution >= 4 is 34.6 Å². The van der Waals surface area contributed by atoms with Crippen LogP contribution in [0.25, 0.3) is 0 Å². The van der Waals surface area contributed by atoms with Crippen molar-refractivity contribution in [3.63, 3.8) is 0 Å². The van der Waals surface area contributed by atoms with Crippen molar-refractivity contribution < 1.29 is 9.13 Å². The van der Waals surface area contributed by atoms with Crippen LogP contribution in [0.5, 0.6) is 5.75 Å². The lowest BCUT2D eigenvalue weighted by atomic mass is 10.3. The van der Waals surface area contributed by atoms with Gasteiger partial charge in [-0.3, -0.25) is 5.01 Å². The molecule has 1 aromatic rings. The van der Waals surface area contributed by atoms with Gasteiger partial charge >= 0.3 is 0 Å². The van der Waals surface area contributed by atoms with Gasteiger partial charge in [0, 0.05) is 13.1 Å². The third kappa shape index (κ3) is 2.94. The van der Waals surface area contributed by atoms with Gasteiger partial charge in [0.05, 0.1) is 17.8 Å². The van der Waals surface area contributed by atoms with E-state index in [1.807, 2.05) is 0 Å². The Hall–Kier alpha value is -1.11. The second-order valence-corrected chi connectivity index (χ2v) is 3.80. The van der Waals surface area contributed by atoms with Gasteiger partial charge < -0.3 is 10.1 Å². The predicted molar refractivity (Wildman–Crippen MR) is 66.1 cm³/mol. The Bertz CT molecular complexity index is 414. The lowest BCUT2D eigenvalue weighted by Crippen LogP contribution is -2.36. The van der Waals surface area contributed by atoms with Crippen molar-refractivity contribution in [1.82, 2.24) is 5.01 Å². The number of hydrogen-bond acceptors (Lipinski definition) is 3. The van der Waals surface area contributed by atoms with Crippen LogP contribution in [0.15, 0.2) is 12.1 Å². The van der Waals surface area contributed by atoms with Crippen molar-refractivity contribution in [2.24, 2.45) is 5.84 Å². The summed E-state index contributed by atoms with van der Waals surface area (Å²) >= 11 is 10.6. The van der Waals surface area contributed by atoms with Crippen LogP contribution in [0.4, 0.5) is 10.1 Å². The fourth-order valence-electron chi connectivity index (χ4n) is 0.985. The third-order valence-electron chi connectivity index (χ3n) is 1.80. The number of benzene rings is 1. The number of nitrogens with one attached hydrogen (secondary N) is 1. The molecule has 0 saturated carbocycles. The van der Waals surface area contributed by atoms with Crippen molar-refractivity contribution in [1.29, 1.82) is 0 Å². The van der Waals surface area contributed by atoms with E-state index in [1.54, 1.807) is 7.05 Å². The average molecular weight is 264 g/mol.